The number of ketones is 1. The van der Waals surface area contributed by atoms with Gasteiger partial charge in [-0.3, -0.25) is 4.79 Å². The number of hydrogen-bond donors (Lipinski definition) is 13. The molecule has 3 saturated heterocycles. The van der Waals surface area contributed by atoms with Crippen LogP contribution in [0.4, 0.5) is 0 Å². The molecule has 7 unspecified atom stereocenters. The van der Waals surface area contributed by atoms with Crippen LogP contribution in [0.5, 0.6) is 0 Å². The number of ether oxygens (including phenoxy) is 3. The molecule has 3 rings (SSSR count). The Bertz CT molecular complexity index is 799. The van der Waals surface area contributed by atoms with Crippen LogP contribution in [0, 0.1) is 0 Å². The van der Waals surface area contributed by atoms with E-state index >= 15 is 0 Å². The lowest BCUT2D eigenvalue weighted by Gasteiger charge is -2.60. The van der Waals surface area contributed by atoms with Crippen LogP contribution in [0.15, 0.2) is 0 Å². The Morgan fingerprint density at radius 2 is 1.31 bits per heavy atom. The predicted molar refractivity (Wildman–Crippen MR) is 101 cm³/mol. The molecular weight excluding hydrogens is 488 g/mol. The average Bonchev–Trinajstić information content (AvgIpc) is 2.82. The van der Waals surface area contributed by atoms with Crippen LogP contribution in [0.25, 0.3) is 0 Å². The van der Waals surface area contributed by atoms with Crippen molar-refractivity contribution < 1.29 is 85.4 Å². The van der Waals surface area contributed by atoms with Gasteiger partial charge in [0.15, 0.2) is 12.4 Å². The third-order valence-electron chi connectivity index (χ3n) is 6.78. The number of aliphatic hydroxyl groups excluding tert-OH is 10. The van der Waals surface area contributed by atoms with Gasteiger partial charge in [0.05, 0.1) is 12.7 Å². The lowest BCUT2D eigenvalue weighted by atomic mass is 9.68. The molecule has 35 heavy (non-hydrogen) atoms. The van der Waals surface area contributed by atoms with Gasteiger partial charge >= 0.3 is 0 Å². The molecule has 3 aliphatic rings. The molecule has 3 aliphatic heterocycles. The van der Waals surface area contributed by atoms with Gasteiger partial charge in [0, 0.05) is 0 Å². The van der Waals surface area contributed by atoms with E-state index in [0.717, 1.165) is 6.92 Å². The first-order valence-electron chi connectivity index (χ1n) is 10.5. The van der Waals surface area contributed by atoms with E-state index in [1.807, 2.05) is 0 Å². The summed E-state index contributed by atoms with van der Waals surface area (Å²) in [5, 5.41) is 134. The molecule has 0 amide bonds. The monoisotopic (exact) mass is 518 g/mol. The third-order valence-corrected chi connectivity index (χ3v) is 6.78. The Balaban J connectivity index is 2.18. The van der Waals surface area contributed by atoms with Gasteiger partial charge in [-0.25, -0.2) is 0 Å². The maximum Gasteiger partial charge on any atom is 0.264 e. The molecule has 17 heteroatoms. The maximum absolute atomic E-state index is 13.4. The highest BCUT2D eigenvalue weighted by molar-refractivity contribution is 5.94. The molecule has 204 valence electrons. The van der Waals surface area contributed by atoms with Crippen molar-refractivity contribution >= 4 is 5.78 Å². The van der Waals surface area contributed by atoms with Crippen LogP contribution in [-0.4, -0.2) is 169 Å². The second-order valence-electron chi connectivity index (χ2n) is 8.91. The Morgan fingerprint density at radius 1 is 0.743 bits per heavy atom. The number of hydrogen-bond acceptors (Lipinski definition) is 17. The van der Waals surface area contributed by atoms with Crippen molar-refractivity contribution in [2.45, 2.75) is 97.5 Å². The van der Waals surface area contributed by atoms with Crippen molar-refractivity contribution in [1.29, 1.82) is 0 Å². The van der Waals surface area contributed by atoms with E-state index in [9.17, 15) is 71.2 Å². The minimum atomic E-state index is -4.10. The Hall–Kier alpha value is -0.970. The molecule has 0 saturated carbocycles. The molecule has 17 nitrogen and oxygen atoms in total. The van der Waals surface area contributed by atoms with Crippen LogP contribution >= 0.6 is 0 Å². The summed E-state index contributed by atoms with van der Waals surface area (Å²) in [5.74, 6) is -9.97. The Morgan fingerprint density at radius 3 is 1.86 bits per heavy atom. The van der Waals surface area contributed by atoms with Crippen LogP contribution in [0.3, 0.4) is 0 Å². The molecule has 0 aromatic carbocycles. The maximum atomic E-state index is 13.4. The first-order chi connectivity index (χ1) is 16.0. The third kappa shape index (κ3) is 3.84. The van der Waals surface area contributed by atoms with Crippen LogP contribution in [-0.2, 0) is 19.0 Å². The van der Waals surface area contributed by atoms with Gasteiger partial charge in [-0.15, -0.1) is 0 Å². The number of carbonyl (C=O) groups is 1. The van der Waals surface area contributed by atoms with Crippen molar-refractivity contribution in [3.8, 4) is 0 Å². The lowest BCUT2D eigenvalue weighted by molar-refractivity contribution is -0.501. The van der Waals surface area contributed by atoms with E-state index < -0.39 is 103 Å². The van der Waals surface area contributed by atoms with E-state index in [1.54, 1.807) is 0 Å². The van der Waals surface area contributed by atoms with Gasteiger partial charge in [-0.1, -0.05) is 0 Å². The van der Waals surface area contributed by atoms with Crippen LogP contribution in [0.1, 0.15) is 6.92 Å². The number of carbonyl (C=O) groups excluding carboxylic acids is 1. The SMILES string of the molecule is C[C@@H]1OC(O)(C2(O)O[C@H](CO)[C@@H](O)[C@H](O)[C@@]2(O)C(=O)C2OC(O)C(O)C(O)C2O)[C@H](O)[C@H](O)[C@H]1O. The highest BCUT2D eigenvalue weighted by Gasteiger charge is 2.80. The summed E-state index contributed by atoms with van der Waals surface area (Å²) in [5.41, 5.74) is -4.07. The van der Waals surface area contributed by atoms with E-state index in [-0.39, 0.29) is 0 Å². The largest absolute Gasteiger partial charge is 0.394 e. The highest BCUT2D eigenvalue weighted by atomic mass is 16.8. The van der Waals surface area contributed by atoms with Gasteiger partial charge in [-0.05, 0) is 6.92 Å². The fourth-order valence-corrected chi connectivity index (χ4v) is 4.54. The highest BCUT2D eigenvalue weighted by Crippen LogP contribution is 2.49. The smallest absolute Gasteiger partial charge is 0.264 e. The quantitative estimate of drug-likeness (QED) is 0.164. The molecule has 0 radical (unpaired) electrons. The molecule has 0 aliphatic carbocycles. The molecule has 13 N–H and O–H groups in total. The van der Waals surface area contributed by atoms with Crippen molar-refractivity contribution in [2.75, 3.05) is 6.61 Å². The zero-order valence-electron chi connectivity index (χ0n) is 18.1. The number of aliphatic hydroxyl groups is 13. The topological polar surface area (TPSA) is 308 Å². The lowest BCUT2D eigenvalue weighted by Crippen LogP contribution is -2.88. The van der Waals surface area contributed by atoms with E-state index in [4.69, 9.17) is 14.2 Å². The Labute approximate surface area is 196 Å². The summed E-state index contributed by atoms with van der Waals surface area (Å²) < 4.78 is 14.7. The minimum Gasteiger partial charge on any atom is -0.394 e. The van der Waals surface area contributed by atoms with E-state index in [0.29, 0.717) is 0 Å². The summed E-state index contributed by atoms with van der Waals surface area (Å²) >= 11 is 0. The van der Waals surface area contributed by atoms with Crippen LogP contribution < -0.4 is 0 Å². The van der Waals surface area contributed by atoms with Gasteiger partial charge in [0.1, 0.15) is 54.9 Å². The normalized spacial score (nSPS) is 57.7. The van der Waals surface area contributed by atoms with Gasteiger partial charge in [0.2, 0.25) is 11.4 Å². The van der Waals surface area contributed by atoms with Crippen LogP contribution in [0.2, 0.25) is 0 Å². The minimum absolute atomic E-state index is 1.02. The fourth-order valence-electron chi connectivity index (χ4n) is 4.54. The number of Topliss-reactive ketones (excluding diaryl/α,β-unsaturated/α-hetero) is 1. The fraction of sp³-hybridized carbons (Fsp3) is 0.944. The molecule has 3 heterocycles. The standard InChI is InChI=1S/C18H30O17/c1-3-5(20)9(24)13(27)17(31,34-3)18(32)16(30,12(26)6(21)4(2-19)35-18)14(28)11-8(23)7(22)10(25)15(29)33-11/h3-13,15,19-27,29-32H,2H2,1H3/t3-,4+,5-,6+,7?,8?,9+,10?,11?,12-,13+,15?,16+,17?,18?/m0/s1. The van der Waals surface area contributed by atoms with Gasteiger partial charge < -0.3 is 80.6 Å². The molecule has 0 aromatic rings. The van der Waals surface area contributed by atoms with Crippen molar-refractivity contribution in [3.05, 3.63) is 0 Å². The molecule has 0 spiro atoms. The summed E-state index contributed by atoms with van der Waals surface area (Å²) in [6.07, 6.45) is -27.8. The van der Waals surface area contributed by atoms with Crippen molar-refractivity contribution in [1.82, 2.24) is 0 Å². The first kappa shape index (κ1) is 28.6. The van der Waals surface area contributed by atoms with E-state index in [2.05, 4.69) is 0 Å². The second kappa shape index (κ2) is 9.40. The van der Waals surface area contributed by atoms with Gasteiger partial charge in [0.25, 0.3) is 11.6 Å². The molecular formula is C18H30O17. The van der Waals surface area contributed by atoms with Crippen molar-refractivity contribution in [2.24, 2.45) is 0 Å². The molecule has 0 aromatic heterocycles. The second-order valence-corrected chi connectivity index (χ2v) is 8.91. The van der Waals surface area contributed by atoms with Crippen molar-refractivity contribution in [3.63, 3.8) is 0 Å². The summed E-state index contributed by atoms with van der Waals surface area (Å²) in [4.78, 5) is 13.4. The van der Waals surface area contributed by atoms with E-state index in [1.165, 1.54) is 0 Å². The average molecular weight is 518 g/mol. The van der Waals surface area contributed by atoms with Gasteiger partial charge in [-0.2, -0.15) is 0 Å². The molecule has 15 atom stereocenters. The first-order valence-corrected chi connectivity index (χ1v) is 10.5. The zero-order chi connectivity index (χ0) is 26.8. The molecule has 0 bridgehead atoms. The summed E-state index contributed by atoms with van der Waals surface area (Å²) in [6, 6.07) is 0. The zero-order valence-corrected chi connectivity index (χ0v) is 18.1. The molecule has 3 fully saturated rings. The predicted octanol–water partition coefficient (Wildman–Crippen LogP) is -8.92. The summed E-state index contributed by atoms with van der Waals surface area (Å²) in [6.45, 7) is -0.196. The number of rotatable bonds is 4. The Kier molecular flexibility index (Phi) is 7.68. The summed E-state index contributed by atoms with van der Waals surface area (Å²) in [7, 11) is 0.